The third-order valence-electron chi connectivity index (χ3n) is 4.54. The fraction of sp³-hybridized carbons (Fsp3) is 0.391. The predicted molar refractivity (Wildman–Crippen MR) is 121 cm³/mol. The lowest BCUT2D eigenvalue weighted by atomic mass is 10.1. The van der Waals surface area contributed by atoms with Crippen molar-refractivity contribution in [3.63, 3.8) is 0 Å². The third kappa shape index (κ3) is 6.92. The SMILES string of the molecule is COc1ccc(CC(=O)N(Cc2ccc(Cl)cc2Cl)C(C)C(=O)NC(C)(C)C)cc1. The van der Waals surface area contributed by atoms with E-state index >= 15 is 0 Å². The van der Waals surface area contributed by atoms with Gasteiger partial charge in [-0.15, -0.1) is 0 Å². The van der Waals surface area contributed by atoms with Crippen LogP contribution in [-0.2, 0) is 22.6 Å². The van der Waals surface area contributed by atoms with Gasteiger partial charge in [0.15, 0.2) is 0 Å². The monoisotopic (exact) mass is 450 g/mol. The molecule has 0 saturated heterocycles. The lowest BCUT2D eigenvalue weighted by Gasteiger charge is -2.31. The molecule has 2 amide bonds. The maximum atomic E-state index is 13.2. The lowest BCUT2D eigenvalue weighted by Crippen LogP contribution is -2.52. The number of hydrogen-bond donors (Lipinski definition) is 1. The molecule has 0 aliphatic carbocycles. The molecule has 2 rings (SSSR count). The Kier molecular flexibility index (Phi) is 8.16. The minimum atomic E-state index is -0.679. The Morgan fingerprint density at radius 2 is 1.73 bits per heavy atom. The summed E-state index contributed by atoms with van der Waals surface area (Å²) in [5.74, 6) is 0.312. The number of benzene rings is 2. The summed E-state index contributed by atoms with van der Waals surface area (Å²) in [5.41, 5.74) is 1.14. The molecule has 162 valence electrons. The van der Waals surface area contributed by atoms with Crippen LogP contribution in [-0.4, -0.2) is 35.4 Å². The highest BCUT2D eigenvalue weighted by atomic mass is 35.5. The number of carbonyl (C=O) groups is 2. The molecule has 7 heteroatoms. The highest BCUT2D eigenvalue weighted by molar-refractivity contribution is 6.35. The Bertz CT molecular complexity index is 892. The number of ether oxygens (including phenoxy) is 1. The van der Waals surface area contributed by atoms with Gasteiger partial charge in [-0.1, -0.05) is 41.4 Å². The van der Waals surface area contributed by atoms with Crippen LogP contribution >= 0.6 is 23.2 Å². The van der Waals surface area contributed by atoms with Crippen LogP contribution in [0.4, 0.5) is 0 Å². The van der Waals surface area contributed by atoms with Gasteiger partial charge < -0.3 is 15.0 Å². The molecule has 1 atom stereocenters. The number of hydrogen-bond acceptors (Lipinski definition) is 3. The number of nitrogens with one attached hydrogen (secondary N) is 1. The molecule has 0 bridgehead atoms. The van der Waals surface area contributed by atoms with Gasteiger partial charge >= 0.3 is 0 Å². The van der Waals surface area contributed by atoms with Gasteiger partial charge in [-0.25, -0.2) is 0 Å². The molecule has 0 heterocycles. The summed E-state index contributed by atoms with van der Waals surface area (Å²) in [4.78, 5) is 27.5. The van der Waals surface area contributed by atoms with E-state index in [0.717, 1.165) is 11.1 Å². The fourth-order valence-corrected chi connectivity index (χ4v) is 3.38. The van der Waals surface area contributed by atoms with Gasteiger partial charge in [-0.3, -0.25) is 9.59 Å². The Hall–Kier alpha value is -2.24. The van der Waals surface area contributed by atoms with Crippen LogP contribution in [0.5, 0.6) is 5.75 Å². The van der Waals surface area contributed by atoms with Crippen molar-refractivity contribution in [2.24, 2.45) is 0 Å². The van der Waals surface area contributed by atoms with Gasteiger partial charge in [-0.2, -0.15) is 0 Å². The Balaban J connectivity index is 2.28. The maximum absolute atomic E-state index is 13.2. The van der Waals surface area contributed by atoms with Crippen LogP contribution in [0.1, 0.15) is 38.8 Å². The van der Waals surface area contributed by atoms with Gasteiger partial charge in [0.2, 0.25) is 11.8 Å². The highest BCUT2D eigenvalue weighted by Crippen LogP contribution is 2.24. The van der Waals surface area contributed by atoms with Crippen LogP contribution in [0.3, 0.4) is 0 Å². The zero-order chi connectivity index (χ0) is 22.5. The number of methoxy groups -OCH3 is 1. The van der Waals surface area contributed by atoms with E-state index in [9.17, 15) is 9.59 Å². The van der Waals surface area contributed by atoms with E-state index in [1.807, 2.05) is 32.9 Å². The van der Waals surface area contributed by atoms with Gasteiger partial charge in [-0.05, 0) is 63.1 Å². The van der Waals surface area contributed by atoms with E-state index < -0.39 is 11.6 Å². The first-order valence-electron chi connectivity index (χ1n) is 9.68. The predicted octanol–water partition coefficient (Wildman–Crippen LogP) is 4.88. The number of halogens is 2. The van der Waals surface area contributed by atoms with Crippen LogP contribution in [0.15, 0.2) is 42.5 Å². The molecule has 5 nitrogen and oxygen atoms in total. The summed E-state index contributed by atoms with van der Waals surface area (Å²) in [5, 5.41) is 3.90. The molecule has 0 aromatic heterocycles. The first kappa shape index (κ1) is 24.0. The topological polar surface area (TPSA) is 58.6 Å². The number of nitrogens with zero attached hydrogens (tertiary/aromatic N) is 1. The second kappa shape index (κ2) is 10.2. The zero-order valence-electron chi connectivity index (χ0n) is 18.0. The normalized spacial score (nSPS) is 12.2. The molecule has 2 aromatic carbocycles. The summed E-state index contributed by atoms with van der Waals surface area (Å²) in [6.45, 7) is 7.62. The number of carbonyl (C=O) groups excluding carboxylic acids is 2. The third-order valence-corrected chi connectivity index (χ3v) is 5.12. The number of rotatable bonds is 7. The molecule has 0 spiro atoms. The first-order chi connectivity index (χ1) is 14.0. The van der Waals surface area contributed by atoms with Gasteiger partial charge in [0.05, 0.1) is 13.5 Å². The molecular weight excluding hydrogens is 423 g/mol. The average Bonchev–Trinajstić information content (AvgIpc) is 2.66. The highest BCUT2D eigenvalue weighted by Gasteiger charge is 2.28. The van der Waals surface area contributed by atoms with Crippen LogP contribution < -0.4 is 10.1 Å². The zero-order valence-corrected chi connectivity index (χ0v) is 19.5. The average molecular weight is 451 g/mol. The van der Waals surface area contributed by atoms with Crippen LogP contribution in [0.2, 0.25) is 10.0 Å². The molecule has 0 radical (unpaired) electrons. The summed E-state index contributed by atoms with van der Waals surface area (Å²) < 4.78 is 5.17. The quantitative estimate of drug-likeness (QED) is 0.653. The van der Waals surface area contributed by atoms with Crippen molar-refractivity contribution in [2.75, 3.05) is 7.11 Å². The molecule has 2 aromatic rings. The van der Waals surface area contributed by atoms with Crippen molar-refractivity contribution in [2.45, 2.75) is 52.2 Å². The van der Waals surface area contributed by atoms with E-state index in [-0.39, 0.29) is 24.8 Å². The molecule has 0 aliphatic rings. The van der Waals surface area contributed by atoms with Crippen LogP contribution in [0, 0.1) is 0 Å². The second-order valence-electron chi connectivity index (χ2n) is 8.20. The van der Waals surface area contributed by atoms with Gasteiger partial charge in [0, 0.05) is 22.1 Å². The maximum Gasteiger partial charge on any atom is 0.242 e. The Labute approximate surface area is 188 Å². The summed E-state index contributed by atoms with van der Waals surface area (Å²) in [7, 11) is 1.59. The standard InChI is InChI=1S/C23H28Cl2N2O3/c1-15(22(29)26-23(2,3)4)27(14-17-8-9-18(24)13-20(17)25)21(28)12-16-6-10-19(30-5)11-7-16/h6-11,13,15H,12,14H2,1-5H3,(H,26,29). The lowest BCUT2D eigenvalue weighted by molar-refractivity contribution is -0.140. The first-order valence-corrected chi connectivity index (χ1v) is 10.4. The van der Waals surface area contributed by atoms with E-state index in [2.05, 4.69) is 5.32 Å². The molecular formula is C23H28Cl2N2O3. The summed E-state index contributed by atoms with van der Waals surface area (Å²) in [6.07, 6.45) is 0.155. The van der Waals surface area contributed by atoms with E-state index in [1.54, 1.807) is 49.3 Å². The van der Waals surface area contributed by atoms with E-state index in [0.29, 0.717) is 15.8 Å². The largest absolute Gasteiger partial charge is 0.497 e. The van der Waals surface area contributed by atoms with Crippen molar-refractivity contribution in [1.29, 1.82) is 0 Å². The molecule has 1 unspecified atom stereocenters. The van der Waals surface area contributed by atoms with Crippen molar-refractivity contribution >= 4 is 35.0 Å². The van der Waals surface area contributed by atoms with Crippen molar-refractivity contribution < 1.29 is 14.3 Å². The fourth-order valence-electron chi connectivity index (χ4n) is 2.91. The minimum absolute atomic E-state index is 0.155. The second-order valence-corrected chi connectivity index (χ2v) is 9.04. The summed E-state index contributed by atoms with van der Waals surface area (Å²) >= 11 is 12.3. The molecule has 0 saturated carbocycles. The molecule has 0 aliphatic heterocycles. The number of amides is 2. The van der Waals surface area contributed by atoms with Gasteiger partial charge in [0.1, 0.15) is 11.8 Å². The van der Waals surface area contributed by atoms with E-state index in [1.165, 1.54) is 0 Å². The van der Waals surface area contributed by atoms with Crippen molar-refractivity contribution in [1.82, 2.24) is 10.2 Å². The molecule has 30 heavy (non-hydrogen) atoms. The Morgan fingerprint density at radius 1 is 1.10 bits per heavy atom. The van der Waals surface area contributed by atoms with Crippen molar-refractivity contribution in [3.05, 3.63) is 63.6 Å². The smallest absolute Gasteiger partial charge is 0.242 e. The van der Waals surface area contributed by atoms with Crippen molar-refractivity contribution in [3.8, 4) is 5.75 Å². The van der Waals surface area contributed by atoms with Gasteiger partial charge in [0.25, 0.3) is 0 Å². The van der Waals surface area contributed by atoms with E-state index in [4.69, 9.17) is 27.9 Å². The minimum Gasteiger partial charge on any atom is -0.497 e. The molecule has 1 N–H and O–H groups in total. The van der Waals surface area contributed by atoms with Crippen LogP contribution in [0.25, 0.3) is 0 Å². The summed E-state index contributed by atoms with van der Waals surface area (Å²) in [6, 6.07) is 11.7. The molecule has 0 fully saturated rings. The Morgan fingerprint density at radius 3 is 2.27 bits per heavy atom.